The van der Waals surface area contributed by atoms with Crippen molar-refractivity contribution in [3.8, 4) is 0 Å². The van der Waals surface area contributed by atoms with Gasteiger partial charge in [0.05, 0.1) is 0 Å². The Kier molecular flexibility index (Phi) is 5.09. The monoisotopic (exact) mass is 317 g/mol. The van der Waals surface area contributed by atoms with Crippen LogP contribution in [0.5, 0.6) is 0 Å². The van der Waals surface area contributed by atoms with Crippen molar-refractivity contribution in [2.24, 2.45) is 0 Å². The van der Waals surface area contributed by atoms with Crippen LogP contribution in [0.4, 0.5) is 0 Å². The van der Waals surface area contributed by atoms with Crippen LogP contribution in [0.15, 0.2) is 91.0 Å². The smallest absolute Gasteiger partial charge is 0.243 e. The van der Waals surface area contributed by atoms with Gasteiger partial charge in [0, 0.05) is 14.2 Å². The molecule has 0 aliphatic carbocycles. The molecule has 0 unspecified atom stereocenters. The molecule has 2 nitrogen and oxygen atoms in total. The second-order valence-electron chi connectivity index (χ2n) is 5.54. The van der Waals surface area contributed by atoms with E-state index in [1.54, 1.807) is 14.2 Å². The Bertz CT molecular complexity index is 638. The summed E-state index contributed by atoms with van der Waals surface area (Å²) >= 11 is 0. The lowest BCUT2D eigenvalue weighted by Gasteiger charge is -2.39. The first-order valence-electron chi connectivity index (χ1n) is 7.96. The van der Waals surface area contributed by atoms with Crippen LogP contribution >= 0.6 is 0 Å². The van der Waals surface area contributed by atoms with Crippen molar-refractivity contribution >= 4 is 0 Å². The summed E-state index contributed by atoms with van der Waals surface area (Å²) in [6.45, 7) is 0. The fourth-order valence-corrected chi connectivity index (χ4v) is 3.31. The summed E-state index contributed by atoms with van der Waals surface area (Å²) in [6.07, 6.45) is 0.547. The molecule has 3 aromatic carbocycles. The molecule has 1 radical (unpaired) electrons. The van der Waals surface area contributed by atoms with E-state index in [1.807, 2.05) is 54.6 Å². The molecule has 2 heteroatoms. The fourth-order valence-electron chi connectivity index (χ4n) is 3.31. The molecule has 0 bridgehead atoms. The zero-order chi connectivity index (χ0) is 16.8. The summed E-state index contributed by atoms with van der Waals surface area (Å²) in [6, 6.07) is 31.0. The Hall–Kier alpha value is -2.42. The third kappa shape index (κ3) is 2.75. The van der Waals surface area contributed by atoms with Crippen molar-refractivity contribution in [1.82, 2.24) is 0 Å². The van der Waals surface area contributed by atoms with Crippen molar-refractivity contribution in [2.45, 2.75) is 5.41 Å². The van der Waals surface area contributed by atoms with Crippen LogP contribution in [0, 0.1) is 6.29 Å². The van der Waals surface area contributed by atoms with Gasteiger partial charge in [-0.2, -0.15) is 0 Å². The minimum Gasteiger partial charge on any atom is -0.347 e. The lowest BCUT2D eigenvalue weighted by molar-refractivity contribution is -0.0258. The largest absolute Gasteiger partial charge is 0.347 e. The molecule has 0 atom stereocenters. The van der Waals surface area contributed by atoms with Gasteiger partial charge in [-0.15, -0.1) is 0 Å². The Morgan fingerprint density at radius 3 is 1.08 bits per heavy atom. The van der Waals surface area contributed by atoms with Crippen molar-refractivity contribution < 1.29 is 9.47 Å². The van der Waals surface area contributed by atoms with E-state index in [0.29, 0.717) is 6.29 Å². The number of benzene rings is 3. The average molecular weight is 317 g/mol. The average Bonchev–Trinajstić information content (AvgIpc) is 2.68. The third-order valence-electron chi connectivity index (χ3n) is 4.30. The number of hydrogen-bond acceptors (Lipinski definition) is 2. The van der Waals surface area contributed by atoms with E-state index < -0.39 is 5.41 Å². The van der Waals surface area contributed by atoms with Crippen molar-refractivity contribution in [2.75, 3.05) is 14.2 Å². The van der Waals surface area contributed by atoms with Gasteiger partial charge in [-0.25, -0.2) is 0 Å². The van der Waals surface area contributed by atoms with Gasteiger partial charge in [-0.05, 0) is 16.7 Å². The predicted molar refractivity (Wildman–Crippen MR) is 96.5 cm³/mol. The quantitative estimate of drug-likeness (QED) is 0.608. The Morgan fingerprint density at radius 2 is 0.833 bits per heavy atom. The molecule has 0 saturated heterocycles. The van der Waals surface area contributed by atoms with Crippen molar-refractivity contribution in [3.05, 3.63) is 114 Å². The standard InChI is InChI=1S/C22H21O2/c1-23-21(24-2)22(18-12-6-3-7-13-18,19-14-8-4-9-15-19)20-16-10-5-11-17-20/h3-17H,1-2H3. The summed E-state index contributed by atoms with van der Waals surface area (Å²) in [5.41, 5.74) is 2.66. The summed E-state index contributed by atoms with van der Waals surface area (Å²) in [5, 5.41) is 0. The second-order valence-corrected chi connectivity index (χ2v) is 5.54. The van der Waals surface area contributed by atoms with E-state index in [1.165, 1.54) is 0 Å². The fraction of sp³-hybridized carbons (Fsp3) is 0.136. The van der Waals surface area contributed by atoms with E-state index in [4.69, 9.17) is 9.47 Å². The molecule has 24 heavy (non-hydrogen) atoms. The normalized spacial score (nSPS) is 11.6. The molecule has 0 fully saturated rings. The lowest BCUT2D eigenvalue weighted by Crippen LogP contribution is -2.38. The Balaban J connectivity index is 2.37. The van der Waals surface area contributed by atoms with Crippen LogP contribution < -0.4 is 0 Å². The topological polar surface area (TPSA) is 18.5 Å². The predicted octanol–water partition coefficient (Wildman–Crippen LogP) is 4.80. The molecule has 0 heterocycles. The summed E-state index contributed by atoms with van der Waals surface area (Å²) in [4.78, 5) is 0. The van der Waals surface area contributed by atoms with Crippen LogP contribution in [0.25, 0.3) is 0 Å². The second kappa shape index (κ2) is 7.43. The summed E-state index contributed by atoms with van der Waals surface area (Å²) in [5.74, 6) is 0. The highest BCUT2D eigenvalue weighted by Gasteiger charge is 2.46. The first-order valence-corrected chi connectivity index (χ1v) is 7.96. The van der Waals surface area contributed by atoms with Crippen LogP contribution in [0.3, 0.4) is 0 Å². The SMILES string of the molecule is CO[C](OC)C(c1ccccc1)(c1ccccc1)c1ccccc1. The van der Waals surface area contributed by atoms with E-state index in [0.717, 1.165) is 16.7 Å². The Labute approximate surface area is 143 Å². The zero-order valence-corrected chi connectivity index (χ0v) is 14.0. The van der Waals surface area contributed by atoms with Crippen molar-refractivity contribution in [3.63, 3.8) is 0 Å². The number of ether oxygens (including phenoxy) is 2. The maximum Gasteiger partial charge on any atom is 0.243 e. The molecule has 0 amide bonds. The first-order chi connectivity index (χ1) is 11.8. The summed E-state index contributed by atoms with van der Waals surface area (Å²) < 4.78 is 11.4. The van der Waals surface area contributed by atoms with Crippen LogP contribution in [-0.2, 0) is 14.9 Å². The van der Waals surface area contributed by atoms with E-state index in [9.17, 15) is 0 Å². The molecule has 0 N–H and O–H groups in total. The molecule has 3 aromatic rings. The van der Waals surface area contributed by atoms with Crippen LogP contribution in [-0.4, -0.2) is 14.2 Å². The van der Waals surface area contributed by atoms with E-state index >= 15 is 0 Å². The highest BCUT2D eigenvalue weighted by Crippen LogP contribution is 2.46. The lowest BCUT2D eigenvalue weighted by atomic mass is 9.68. The van der Waals surface area contributed by atoms with Gasteiger partial charge in [-0.1, -0.05) is 91.0 Å². The van der Waals surface area contributed by atoms with E-state index in [2.05, 4.69) is 36.4 Å². The molecule has 3 rings (SSSR count). The molecule has 121 valence electrons. The molecule has 0 aliphatic heterocycles. The van der Waals surface area contributed by atoms with Crippen molar-refractivity contribution in [1.29, 1.82) is 0 Å². The number of hydrogen-bond donors (Lipinski definition) is 0. The minimum absolute atomic E-state index is 0.547. The van der Waals surface area contributed by atoms with Gasteiger partial charge in [0.25, 0.3) is 0 Å². The molecule has 0 saturated carbocycles. The number of methoxy groups -OCH3 is 2. The Morgan fingerprint density at radius 1 is 0.542 bits per heavy atom. The zero-order valence-electron chi connectivity index (χ0n) is 14.0. The molecule has 0 spiro atoms. The maximum atomic E-state index is 5.72. The first kappa shape index (κ1) is 16.4. The van der Waals surface area contributed by atoms with Gasteiger partial charge >= 0.3 is 0 Å². The minimum atomic E-state index is -0.632. The highest BCUT2D eigenvalue weighted by atomic mass is 16.7. The third-order valence-corrected chi connectivity index (χ3v) is 4.30. The van der Waals surface area contributed by atoms with Gasteiger partial charge in [0.1, 0.15) is 5.41 Å². The summed E-state index contributed by atoms with van der Waals surface area (Å²) in [7, 11) is 3.31. The van der Waals surface area contributed by atoms with Gasteiger partial charge < -0.3 is 9.47 Å². The van der Waals surface area contributed by atoms with Gasteiger partial charge in [-0.3, -0.25) is 0 Å². The molecule has 0 aromatic heterocycles. The van der Waals surface area contributed by atoms with Gasteiger partial charge in [0.2, 0.25) is 6.29 Å². The van der Waals surface area contributed by atoms with E-state index in [-0.39, 0.29) is 0 Å². The molecular weight excluding hydrogens is 296 g/mol. The van der Waals surface area contributed by atoms with Crippen LogP contribution in [0.2, 0.25) is 0 Å². The highest BCUT2D eigenvalue weighted by molar-refractivity contribution is 5.54. The molecular formula is C22H21O2. The number of rotatable bonds is 6. The van der Waals surface area contributed by atoms with Gasteiger partial charge in [0.15, 0.2) is 0 Å². The maximum absolute atomic E-state index is 5.72. The molecule has 0 aliphatic rings. The van der Waals surface area contributed by atoms with Crippen LogP contribution in [0.1, 0.15) is 16.7 Å².